The molecule has 0 aromatic heterocycles. The molecule has 3 aromatic carbocycles. The summed E-state index contributed by atoms with van der Waals surface area (Å²) in [6.45, 7) is 0. The van der Waals surface area contributed by atoms with E-state index < -0.39 is 6.09 Å². The molecule has 7 heteroatoms. The minimum atomic E-state index is -0.697. The van der Waals surface area contributed by atoms with Crippen LogP contribution in [0.5, 0.6) is 5.75 Å². The van der Waals surface area contributed by atoms with Gasteiger partial charge >= 0.3 is 6.09 Å². The van der Waals surface area contributed by atoms with Gasteiger partial charge in [-0.3, -0.25) is 9.59 Å². The lowest BCUT2D eigenvalue weighted by molar-refractivity contribution is 0.0893. The van der Waals surface area contributed by atoms with E-state index in [1.54, 1.807) is 42.6 Å². The molecular formula is C25H21N3O4. The first-order valence-corrected chi connectivity index (χ1v) is 10.6. The molecule has 1 fully saturated rings. The molecule has 3 aromatic rings. The third-order valence-electron chi connectivity index (χ3n) is 5.92. The lowest BCUT2D eigenvalue weighted by Gasteiger charge is -2.27. The quantitative estimate of drug-likeness (QED) is 0.364. The van der Waals surface area contributed by atoms with Crippen LogP contribution < -0.4 is 15.1 Å². The van der Waals surface area contributed by atoms with E-state index in [2.05, 4.69) is 10.5 Å². The Labute approximate surface area is 184 Å². The fourth-order valence-electron chi connectivity index (χ4n) is 4.36. The SMILES string of the molecule is O=C(NN=CC1CCCC1)Oc1ccc(N2C(=O)c3cccc4cccc(c34)C2=O)cc1. The Kier molecular flexibility index (Phi) is 5.15. The first-order valence-electron chi connectivity index (χ1n) is 10.6. The first-order chi connectivity index (χ1) is 15.6. The monoisotopic (exact) mass is 427 g/mol. The van der Waals surface area contributed by atoms with Gasteiger partial charge in [0.25, 0.3) is 11.8 Å². The van der Waals surface area contributed by atoms with Gasteiger partial charge < -0.3 is 4.74 Å². The fraction of sp³-hybridized carbons (Fsp3) is 0.200. The van der Waals surface area contributed by atoms with Crippen LogP contribution in [0.1, 0.15) is 46.4 Å². The summed E-state index contributed by atoms with van der Waals surface area (Å²) >= 11 is 0. The summed E-state index contributed by atoms with van der Waals surface area (Å²) in [4.78, 5) is 39.3. The van der Waals surface area contributed by atoms with Crippen molar-refractivity contribution in [3.05, 3.63) is 71.8 Å². The van der Waals surface area contributed by atoms with Crippen LogP contribution in [0.2, 0.25) is 0 Å². The van der Waals surface area contributed by atoms with Crippen LogP contribution in [0.4, 0.5) is 10.5 Å². The maximum Gasteiger partial charge on any atom is 0.433 e. The number of carbonyl (C=O) groups excluding carboxylic acids is 3. The maximum absolute atomic E-state index is 13.1. The van der Waals surface area contributed by atoms with Crippen LogP contribution in [0.25, 0.3) is 10.8 Å². The van der Waals surface area contributed by atoms with Gasteiger partial charge in [0.2, 0.25) is 0 Å². The molecule has 0 bridgehead atoms. The number of anilines is 1. The third kappa shape index (κ3) is 3.62. The van der Waals surface area contributed by atoms with E-state index in [0.717, 1.165) is 23.1 Å². The first kappa shape index (κ1) is 19.9. The van der Waals surface area contributed by atoms with E-state index >= 15 is 0 Å². The molecule has 2 aliphatic rings. The normalized spacial score (nSPS) is 16.2. The van der Waals surface area contributed by atoms with Gasteiger partial charge in [-0.2, -0.15) is 5.10 Å². The number of amides is 3. The average molecular weight is 427 g/mol. The topological polar surface area (TPSA) is 88.1 Å². The number of rotatable bonds is 4. The van der Waals surface area contributed by atoms with Crippen molar-refractivity contribution in [1.82, 2.24) is 5.43 Å². The number of hydrazone groups is 1. The Morgan fingerprint density at radius 1 is 0.938 bits per heavy atom. The van der Waals surface area contributed by atoms with E-state index in [0.29, 0.717) is 28.1 Å². The Hall–Kier alpha value is -4.00. The van der Waals surface area contributed by atoms with E-state index in [1.165, 1.54) is 25.0 Å². The molecule has 0 radical (unpaired) electrons. The van der Waals surface area contributed by atoms with Gasteiger partial charge in [-0.15, -0.1) is 0 Å². The Morgan fingerprint density at radius 2 is 1.56 bits per heavy atom. The summed E-state index contributed by atoms with van der Waals surface area (Å²) in [5, 5.41) is 5.48. The van der Waals surface area contributed by atoms with Crippen molar-refractivity contribution < 1.29 is 19.1 Å². The predicted molar refractivity (Wildman–Crippen MR) is 121 cm³/mol. The highest BCUT2D eigenvalue weighted by Crippen LogP contribution is 2.33. The summed E-state index contributed by atoms with van der Waals surface area (Å²) in [5.41, 5.74) is 3.73. The molecule has 0 unspecified atom stereocenters. The summed E-state index contributed by atoms with van der Waals surface area (Å²) in [6, 6.07) is 17.1. The molecule has 0 atom stereocenters. The van der Waals surface area contributed by atoms with Crippen molar-refractivity contribution >= 4 is 40.6 Å². The van der Waals surface area contributed by atoms with Crippen LogP contribution in [-0.2, 0) is 0 Å². The zero-order valence-electron chi connectivity index (χ0n) is 17.3. The number of ether oxygens (including phenoxy) is 1. The van der Waals surface area contributed by atoms with Gasteiger partial charge in [-0.1, -0.05) is 37.1 Å². The van der Waals surface area contributed by atoms with Crippen molar-refractivity contribution in [2.24, 2.45) is 11.0 Å². The van der Waals surface area contributed by atoms with Crippen molar-refractivity contribution in [2.45, 2.75) is 25.7 Å². The molecule has 1 aliphatic heterocycles. The average Bonchev–Trinajstić information content (AvgIpc) is 3.32. The van der Waals surface area contributed by atoms with Gasteiger partial charge in [0, 0.05) is 22.7 Å². The van der Waals surface area contributed by atoms with Crippen LogP contribution in [0.3, 0.4) is 0 Å². The van der Waals surface area contributed by atoms with E-state index in [9.17, 15) is 14.4 Å². The smallest absolute Gasteiger partial charge is 0.409 e. The zero-order chi connectivity index (χ0) is 22.1. The number of nitrogens with zero attached hydrogens (tertiary/aromatic N) is 2. The third-order valence-corrected chi connectivity index (χ3v) is 5.92. The van der Waals surface area contributed by atoms with Crippen LogP contribution in [0, 0.1) is 5.92 Å². The Bertz CT molecular complexity index is 1190. The Morgan fingerprint density at radius 3 is 2.19 bits per heavy atom. The standard InChI is InChI=1S/C25H21N3O4/c29-23-20-9-3-7-17-8-4-10-21(22(17)20)24(30)28(23)18-11-13-19(14-12-18)32-25(31)27-26-15-16-5-1-2-6-16/h3-4,7-16H,1-2,5-6H2,(H,27,31). The van der Waals surface area contributed by atoms with E-state index in [-0.39, 0.29) is 17.6 Å². The number of nitrogens with one attached hydrogen (secondary N) is 1. The molecular weight excluding hydrogens is 406 g/mol. The molecule has 5 rings (SSSR count). The molecule has 1 aliphatic carbocycles. The van der Waals surface area contributed by atoms with Gasteiger partial charge in [0.1, 0.15) is 5.75 Å². The minimum Gasteiger partial charge on any atom is -0.409 e. The summed E-state index contributed by atoms with van der Waals surface area (Å²) in [7, 11) is 0. The zero-order valence-corrected chi connectivity index (χ0v) is 17.3. The molecule has 1 heterocycles. The highest BCUT2D eigenvalue weighted by molar-refractivity contribution is 6.35. The van der Waals surface area contributed by atoms with E-state index in [1.807, 2.05) is 12.1 Å². The second-order valence-corrected chi connectivity index (χ2v) is 7.97. The minimum absolute atomic E-state index is 0.279. The van der Waals surface area contributed by atoms with Crippen LogP contribution in [0.15, 0.2) is 65.8 Å². The van der Waals surface area contributed by atoms with Crippen molar-refractivity contribution in [1.29, 1.82) is 0 Å². The summed E-state index contributed by atoms with van der Waals surface area (Å²) < 4.78 is 5.23. The number of carbonyl (C=O) groups is 3. The fourth-order valence-corrected chi connectivity index (χ4v) is 4.36. The number of hydrogen-bond acceptors (Lipinski definition) is 5. The van der Waals surface area contributed by atoms with Gasteiger partial charge in [0.15, 0.2) is 0 Å². The maximum atomic E-state index is 13.1. The lowest BCUT2D eigenvalue weighted by Crippen LogP contribution is -2.40. The van der Waals surface area contributed by atoms with Crippen LogP contribution in [-0.4, -0.2) is 24.1 Å². The number of hydrogen-bond donors (Lipinski definition) is 1. The van der Waals surface area contributed by atoms with Gasteiger partial charge in [0.05, 0.1) is 5.69 Å². The second kappa shape index (κ2) is 8.26. The highest BCUT2D eigenvalue weighted by atomic mass is 16.6. The molecule has 3 amide bonds. The number of imide groups is 1. The molecule has 160 valence electrons. The number of benzene rings is 3. The summed E-state index contributed by atoms with van der Waals surface area (Å²) in [5.74, 6) is -0.0779. The van der Waals surface area contributed by atoms with Crippen molar-refractivity contribution in [3.63, 3.8) is 0 Å². The summed E-state index contributed by atoms with van der Waals surface area (Å²) in [6.07, 6.45) is 5.62. The van der Waals surface area contributed by atoms with E-state index in [4.69, 9.17) is 4.74 Å². The van der Waals surface area contributed by atoms with Crippen LogP contribution >= 0.6 is 0 Å². The van der Waals surface area contributed by atoms with Crippen molar-refractivity contribution in [3.8, 4) is 5.75 Å². The lowest BCUT2D eigenvalue weighted by atomic mass is 9.94. The highest BCUT2D eigenvalue weighted by Gasteiger charge is 2.33. The molecule has 1 N–H and O–H groups in total. The largest absolute Gasteiger partial charge is 0.433 e. The molecule has 0 spiro atoms. The molecule has 32 heavy (non-hydrogen) atoms. The molecule has 0 saturated heterocycles. The molecule has 1 saturated carbocycles. The van der Waals surface area contributed by atoms with Gasteiger partial charge in [-0.25, -0.2) is 15.1 Å². The predicted octanol–water partition coefficient (Wildman–Crippen LogP) is 4.90. The van der Waals surface area contributed by atoms with Crippen molar-refractivity contribution in [2.75, 3.05) is 4.90 Å². The molecule has 7 nitrogen and oxygen atoms in total. The second-order valence-electron chi connectivity index (χ2n) is 7.97. The van der Waals surface area contributed by atoms with Gasteiger partial charge in [-0.05, 0) is 60.5 Å². The Balaban J connectivity index is 1.31.